The first-order valence-electron chi connectivity index (χ1n) is 7.58. The molecule has 1 atom stereocenters. The van der Waals surface area contributed by atoms with Gasteiger partial charge in [-0.25, -0.2) is 13.1 Å². The van der Waals surface area contributed by atoms with Gasteiger partial charge in [0.25, 0.3) is 0 Å². The van der Waals surface area contributed by atoms with Crippen LogP contribution in [-0.4, -0.2) is 33.7 Å². The molecule has 24 heavy (non-hydrogen) atoms. The number of phenols is 1. The zero-order valence-electron chi connectivity index (χ0n) is 13.3. The van der Waals surface area contributed by atoms with Crippen LogP contribution in [0, 0.1) is 0 Å². The normalized spacial score (nSPS) is 17.5. The second kappa shape index (κ2) is 7.65. The van der Waals surface area contributed by atoms with Crippen molar-refractivity contribution in [3.63, 3.8) is 0 Å². The Morgan fingerprint density at radius 3 is 2.58 bits per heavy atom. The van der Waals surface area contributed by atoms with Gasteiger partial charge in [-0.3, -0.25) is 0 Å². The van der Waals surface area contributed by atoms with Crippen LogP contribution in [-0.2, 0) is 16.4 Å². The van der Waals surface area contributed by atoms with Crippen LogP contribution in [0.3, 0.4) is 0 Å². The summed E-state index contributed by atoms with van der Waals surface area (Å²) < 4.78 is 26.6. The van der Waals surface area contributed by atoms with E-state index in [-0.39, 0.29) is 33.5 Å². The molecule has 0 spiro atoms. The average molecular weight is 413 g/mol. The smallest absolute Gasteiger partial charge is 0.243 e. The molecule has 0 radical (unpaired) electrons. The van der Waals surface area contributed by atoms with Gasteiger partial charge in [0.1, 0.15) is 10.6 Å². The lowest BCUT2D eigenvalue weighted by Crippen LogP contribution is -2.21. The first kappa shape index (κ1) is 18.9. The lowest BCUT2D eigenvalue weighted by molar-refractivity contribution is 0.457. The maximum atomic E-state index is 12.1. The molecule has 1 heterocycles. The van der Waals surface area contributed by atoms with Crippen molar-refractivity contribution < 1.29 is 13.5 Å². The van der Waals surface area contributed by atoms with Gasteiger partial charge in [-0.1, -0.05) is 30.3 Å². The Kier molecular flexibility index (Phi) is 6.03. The van der Waals surface area contributed by atoms with E-state index in [1.165, 1.54) is 7.05 Å². The van der Waals surface area contributed by atoms with Crippen molar-refractivity contribution in [3.05, 3.63) is 59.2 Å². The van der Waals surface area contributed by atoms with Gasteiger partial charge in [0.05, 0.1) is 0 Å². The number of nitrogens with one attached hydrogen (secondary N) is 2. The maximum Gasteiger partial charge on any atom is 0.243 e. The molecule has 1 aliphatic heterocycles. The summed E-state index contributed by atoms with van der Waals surface area (Å²) in [6.07, 6.45) is 0.756. The third kappa shape index (κ3) is 3.64. The van der Waals surface area contributed by atoms with Crippen molar-refractivity contribution >= 4 is 27.0 Å². The molecule has 0 fully saturated rings. The van der Waals surface area contributed by atoms with Crippen molar-refractivity contribution in [1.82, 2.24) is 10.0 Å². The van der Waals surface area contributed by atoms with Crippen molar-refractivity contribution in [2.24, 2.45) is 0 Å². The number of hydrogen-bond acceptors (Lipinski definition) is 4. The molecule has 2 aromatic carbocycles. The zero-order chi connectivity index (χ0) is 16.4. The fourth-order valence-corrected chi connectivity index (χ4v) is 3.89. The minimum atomic E-state index is -3.70. The van der Waals surface area contributed by atoms with Crippen LogP contribution in [0.1, 0.15) is 22.6 Å². The van der Waals surface area contributed by atoms with Crippen LogP contribution in [0.2, 0.25) is 0 Å². The lowest BCUT2D eigenvalue weighted by Gasteiger charge is -2.20. The minimum Gasteiger partial charge on any atom is -0.507 e. The van der Waals surface area contributed by atoms with Gasteiger partial charge in [-0.15, -0.1) is 17.0 Å². The molecule has 1 unspecified atom stereocenters. The predicted octanol–water partition coefficient (Wildman–Crippen LogP) is 2.16. The Morgan fingerprint density at radius 1 is 1.21 bits per heavy atom. The third-order valence-corrected chi connectivity index (χ3v) is 5.72. The number of rotatable bonds is 3. The fourth-order valence-electron chi connectivity index (χ4n) is 3.06. The Morgan fingerprint density at radius 2 is 1.92 bits per heavy atom. The zero-order valence-corrected chi connectivity index (χ0v) is 15.8. The van der Waals surface area contributed by atoms with Gasteiger partial charge in [0, 0.05) is 12.5 Å². The highest BCUT2D eigenvalue weighted by molar-refractivity contribution is 8.93. The second-order valence-electron chi connectivity index (χ2n) is 5.64. The average Bonchev–Trinajstić information content (AvgIpc) is 2.76. The SMILES string of the molecule is Br.CNS(=O)(=O)c1cc2c(cc1O)CCNCC2c1ccccc1. The molecule has 0 amide bonds. The quantitative estimate of drug-likeness (QED) is 0.721. The van der Waals surface area contributed by atoms with Crippen molar-refractivity contribution in [3.8, 4) is 5.75 Å². The Bertz CT molecular complexity index is 810. The van der Waals surface area contributed by atoms with Gasteiger partial charge < -0.3 is 10.4 Å². The molecule has 0 saturated carbocycles. The summed E-state index contributed by atoms with van der Waals surface area (Å²) in [5.41, 5.74) is 3.06. The molecule has 0 bridgehead atoms. The Balaban J connectivity index is 0.00000208. The van der Waals surface area contributed by atoms with Crippen LogP contribution in [0.25, 0.3) is 0 Å². The third-order valence-electron chi connectivity index (χ3n) is 4.28. The number of fused-ring (bicyclic) bond motifs is 1. The summed E-state index contributed by atoms with van der Waals surface area (Å²) in [4.78, 5) is -0.0680. The molecule has 3 rings (SSSR count). The van der Waals surface area contributed by atoms with Gasteiger partial charge in [-0.05, 0) is 48.8 Å². The summed E-state index contributed by atoms with van der Waals surface area (Å²) in [6.45, 7) is 1.54. The van der Waals surface area contributed by atoms with E-state index in [9.17, 15) is 13.5 Å². The van der Waals surface area contributed by atoms with Gasteiger partial charge >= 0.3 is 0 Å². The number of benzene rings is 2. The molecule has 0 saturated heterocycles. The number of halogens is 1. The number of sulfonamides is 1. The van der Waals surface area contributed by atoms with Crippen molar-refractivity contribution in [2.75, 3.05) is 20.1 Å². The van der Waals surface area contributed by atoms with Gasteiger partial charge in [-0.2, -0.15) is 0 Å². The van der Waals surface area contributed by atoms with E-state index in [0.29, 0.717) is 0 Å². The molecule has 130 valence electrons. The van der Waals surface area contributed by atoms with E-state index in [1.807, 2.05) is 30.3 Å². The first-order valence-corrected chi connectivity index (χ1v) is 9.06. The van der Waals surface area contributed by atoms with Crippen LogP contribution < -0.4 is 10.0 Å². The summed E-state index contributed by atoms with van der Waals surface area (Å²) in [5, 5.41) is 13.5. The van der Waals surface area contributed by atoms with E-state index < -0.39 is 10.0 Å². The summed E-state index contributed by atoms with van der Waals surface area (Å²) >= 11 is 0. The largest absolute Gasteiger partial charge is 0.507 e. The molecule has 0 aromatic heterocycles. The molecule has 5 nitrogen and oxygen atoms in total. The summed E-state index contributed by atoms with van der Waals surface area (Å²) in [5.74, 6) is -0.146. The second-order valence-corrected chi connectivity index (χ2v) is 7.50. The van der Waals surface area contributed by atoms with Crippen LogP contribution in [0.15, 0.2) is 47.4 Å². The lowest BCUT2D eigenvalue weighted by atomic mass is 9.88. The van der Waals surface area contributed by atoms with E-state index >= 15 is 0 Å². The monoisotopic (exact) mass is 412 g/mol. The molecule has 7 heteroatoms. The summed E-state index contributed by atoms with van der Waals surface area (Å²) in [7, 11) is -2.36. The first-order chi connectivity index (χ1) is 11.0. The molecule has 3 N–H and O–H groups in total. The minimum absolute atomic E-state index is 0. The van der Waals surface area contributed by atoms with Crippen LogP contribution in [0.5, 0.6) is 5.75 Å². The summed E-state index contributed by atoms with van der Waals surface area (Å²) in [6, 6.07) is 13.2. The van der Waals surface area contributed by atoms with Crippen LogP contribution >= 0.6 is 17.0 Å². The van der Waals surface area contributed by atoms with Crippen LogP contribution in [0.4, 0.5) is 0 Å². The number of phenolic OH excluding ortho intramolecular Hbond substituents is 1. The number of aromatic hydroxyl groups is 1. The highest BCUT2D eigenvalue weighted by atomic mass is 79.9. The highest BCUT2D eigenvalue weighted by Gasteiger charge is 2.25. The van der Waals surface area contributed by atoms with Gasteiger partial charge in [0.2, 0.25) is 10.0 Å². The van der Waals surface area contributed by atoms with Crippen molar-refractivity contribution in [1.29, 1.82) is 0 Å². The van der Waals surface area contributed by atoms with Gasteiger partial charge in [0.15, 0.2) is 0 Å². The van der Waals surface area contributed by atoms with E-state index in [2.05, 4.69) is 10.0 Å². The predicted molar refractivity (Wildman–Crippen MR) is 99.5 cm³/mol. The Hall–Kier alpha value is -1.41. The topological polar surface area (TPSA) is 78.4 Å². The molecular weight excluding hydrogens is 392 g/mol. The van der Waals surface area contributed by atoms with E-state index in [4.69, 9.17) is 0 Å². The molecular formula is C17H21BrN2O3S. The molecule has 0 aliphatic carbocycles. The fraction of sp³-hybridized carbons (Fsp3) is 0.294. The number of hydrogen-bond donors (Lipinski definition) is 3. The van der Waals surface area contributed by atoms with E-state index in [0.717, 1.165) is 36.2 Å². The maximum absolute atomic E-state index is 12.1. The molecule has 2 aromatic rings. The van der Waals surface area contributed by atoms with Crippen molar-refractivity contribution in [2.45, 2.75) is 17.2 Å². The molecule has 1 aliphatic rings. The standard InChI is InChI=1S/C17H20N2O3S.BrH/c1-18-23(21,22)17-10-14-13(9-16(17)20)7-8-19-11-15(14)12-5-3-2-4-6-12;/h2-6,9-10,15,18-20H,7-8,11H2,1H3;1H. The highest BCUT2D eigenvalue weighted by Crippen LogP contribution is 2.35. The Labute approximate surface area is 152 Å². The van der Waals surface area contributed by atoms with E-state index in [1.54, 1.807) is 12.1 Å².